The van der Waals surface area contributed by atoms with E-state index in [1.165, 1.54) is 29.5 Å². The van der Waals surface area contributed by atoms with Crippen molar-refractivity contribution < 1.29 is 8.42 Å². The maximum Gasteiger partial charge on any atom is 0.240 e. The van der Waals surface area contributed by atoms with Crippen LogP contribution >= 0.6 is 50.5 Å². The molecule has 0 saturated carbocycles. The molecule has 1 heterocycles. The van der Waals surface area contributed by atoms with Gasteiger partial charge in [0, 0.05) is 21.3 Å². The molecule has 1 aromatic heterocycles. The molecule has 0 bridgehead atoms. The molecular weight excluding hydrogens is 393 g/mol. The summed E-state index contributed by atoms with van der Waals surface area (Å²) in [5.74, 6) is 0. The standard InChI is InChI=1S/C11H8BrCl2NO2S2/c12-7-3-8(18-6-7)5-15-19(16,17)9-1-2-10(13)11(14)4-9/h1-4,6,15H,5H2. The molecule has 0 atom stereocenters. The van der Waals surface area contributed by atoms with Gasteiger partial charge in [-0.2, -0.15) is 0 Å². The Kier molecular flexibility index (Phi) is 4.92. The monoisotopic (exact) mass is 399 g/mol. The first-order valence-corrected chi connectivity index (χ1v) is 8.97. The van der Waals surface area contributed by atoms with Crippen LogP contribution in [0.25, 0.3) is 0 Å². The Morgan fingerprint density at radius 2 is 1.95 bits per heavy atom. The second kappa shape index (κ2) is 6.11. The van der Waals surface area contributed by atoms with Crippen LogP contribution < -0.4 is 4.72 Å². The third-order valence-corrected chi connectivity index (χ3v) is 6.10. The average molecular weight is 401 g/mol. The van der Waals surface area contributed by atoms with E-state index in [9.17, 15) is 8.42 Å². The molecule has 0 unspecified atom stereocenters. The van der Waals surface area contributed by atoms with Crippen LogP contribution in [0.3, 0.4) is 0 Å². The minimum atomic E-state index is -3.59. The predicted molar refractivity (Wildman–Crippen MR) is 82.5 cm³/mol. The Hall–Kier alpha value is -0.110. The normalized spacial score (nSPS) is 11.7. The lowest BCUT2D eigenvalue weighted by molar-refractivity contribution is 0.582. The highest BCUT2D eigenvalue weighted by atomic mass is 79.9. The van der Waals surface area contributed by atoms with Gasteiger partial charge in [0.15, 0.2) is 0 Å². The zero-order valence-electron chi connectivity index (χ0n) is 9.36. The fraction of sp³-hybridized carbons (Fsp3) is 0.0909. The van der Waals surface area contributed by atoms with Gasteiger partial charge in [-0.1, -0.05) is 23.2 Å². The van der Waals surface area contributed by atoms with E-state index in [1.807, 2.05) is 11.4 Å². The Morgan fingerprint density at radius 3 is 2.53 bits per heavy atom. The topological polar surface area (TPSA) is 46.2 Å². The van der Waals surface area contributed by atoms with Crippen molar-refractivity contribution in [1.29, 1.82) is 0 Å². The molecule has 3 nitrogen and oxygen atoms in total. The summed E-state index contributed by atoms with van der Waals surface area (Å²) in [7, 11) is -3.59. The lowest BCUT2D eigenvalue weighted by Gasteiger charge is -2.06. The molecule has 0 amide bonds. The first-order valence-electron chi connectivity index (χ1n) is 5.06. The van der Waals surface area contributed by atoms with Crippen molar-refractivity contribution in [3.63, 3.8) is 0 Å². The Morgan fingerprint density at radius 1 is 1.21 bits per heavy atom. The van der Waals surface area contributed by atoms with Crippen molar-refractivity contribution >= 4 is 60.5 Å². The molecule has 0 saturated heterocycles. The first kappa shape index (κ1) is 15.3. The molecule has 1 N–H and O–H groups in total. The lowest BCUT2D eigenvalue weighted by Crippen LogP contribution is -2.22. The maximum atomic E-state index is 12.1. The molecule has 0 aliphatic heterocycles. The molecule has 8 heteroatoms. The number of thiophene rings is 1. The van der Waals surface area contributed by atoms with Gasteiger partial charge in [0.25, 0.3) is 0 Å². The van der Waals surface area contributed by atoms with E-state index in [1.54, 1.807) is 0 Å². The van der Waals surface area contributed by atoms with Gasteiger partial charge in [0.1, 0.15) is 0 Å². The maximum absolute atomic E-state index is 12.1. The summed E-state index contributed by atoms with van der Waals surface area (Å²) in [6.45, 7) is 0.235. The minimum absolute atomic E-state index is 0.0949. The van der Waals surface area contributed by atoms with Crippen molar-refractivity contribution in [3.8, 4) is 0 Å². The average Bonchev–Trinajstić information content (AvgIpc) is 2.76. The van der Waals surface area contributed by atoms with Crippen LogP contribution in [0.5, 0.6) is 0 Å². The fourth-order valence-electron chi connectivity index (χ4n) is 1.34. The summed E-state index contributed by atoms with van der Waals surface area (Å²) in [5.41, 5.74) is 0. The molecule has 2 rings (SSSR count). The summed E-state index contributed by atoms with van der Waals surface area (Å²) in [6.07, 6.45) is 0. The predicted octanol–water partition coefficient (Wildman–Crippen LogP) is 4.30. The molecule has 1 aromatic carbocycles. The van der Waals surface area contributed by atoms with Crippen LogP contribution in [-0.2, 0) is 16.6 Å². The van der Waals surface area contributed by atoms with E-state index in [4.69, 9.17) is 23.2 Å². The summed E-state index contributed by atoms with van der Waals surface area (Å²) >= 11 is 16.4. The van der Waals surface area contributed by atoms with Crippen molar-refractivity contribution in [2.24, 2.45) is 0 Å². The molecule has 2 aromatic rings. The van der Waals surface area contributed by atoms with E-state index in [0.29, 0.717) is 5.02 Å². The Balaban J connectivity index is 2.16. The number of hydrogen-bond acceptors (Lipinski definition) is 3. The van der Waals surface area contributed by atoms with E-state index < -0.39 is 10.0 Å². The third-order valence-electron chi connectivity index (χ3n) is 2.26. The van der Waals surface area contributed by atoms with Crippen LogP contribution in [0.4, 0.5) is 0 Å². The minimum Gasteiger partial charge on any atom is -0.207 e. The molecule has 0 aliphatic carbocycles. The highest BCUT2D eigenvalue weighted by molar-refractivity contribution is 9.10. The van der Waals surface area contributed by atoms with Gasteiger partial charge >= 0.3 is 0 Å². The van der Waals surface area contributed by atoms with Gasteiger partial charge in [-0.15, -0.1) is 11.3 Å². The van der Waals surface area contributed by atoms with E-state index in [0.717, 1.165) is 9.35 Å². The summed E-state index contributed by atoms with van der Waals surface area (Å²) < 4.78 is 27.6. The molecule has 19 heavy (non-hydrogen) atoms. The van der Waals surface area contributed by atoms with Gasteiger partial charge in [-0.05, 0) is 40.2 Å². The third kappa shape index (κ3) is 3.93. The highest BCUT2D eigenvalue weighted by Crippen LogP contribution is 2.25. The zero-order chi connectivity index (χ0) is 14.0. The van der Waals surface area contributed by atoms with E-state index >= 15 is 0 Å². The molecular formula is C11H8BrCl2NO2S2. The second-order valence-corrected chi connectivity index (χ2v) is 8.12. The van der Waals surface area contributed by atoms with Gasteiger partial charge in [0.2, 0.25) is 10.0 Å². The summed E-state index contributed by atoms with van der Waals surface area (Å²) in [6, 6.07) is 6.07. The summed E-state index contributed by atoms with van der Waals surface area (Å²) in [4.78, 5) is 1.01. The number of benzene rings is 1. The lowest BCUT2D eigenvalue weighted by atomic mass is 10.4. The van der Waals surface area contributed by atoms with Gasteiger partial charge in [-0.25, -0.2) is 13.1 Å². The number of sulfonamides is 1. The fourth-order valence-corrected chi connectivity index (χ4v) is 4.22. The van der Waals surface area contributed by atoms with Crippen LogP contribution in [-0.4, -0.2) is 8.42 Å². The number of halogens is 3. The molecule has 102 valence electrons. The quantitative estimate of drug-likeness (QED) is 0.831. The highest BCUT2D eigenvalue weighted by Gasteiger charge is 2.15. The van der Waals surface area contributed by atoms with Crippen LogP contribution in [0.1, 0.15) is 4.88 Å². The largest absolute Gasteiger partial charge is 0.240 e. The van der Waals surface area contributed by atoms with Gasteiger partial charge in [-0.3, -0.25) is 0 Å². The van der Waals surface area contributed by atoms with Crippen molar-refractivity contribution in [2.75, 3.05) is 0 Å². The van der Waals surface area contributed by atoms with Crippen LogP contribution in [0, 0.1) is 0 Å². The zero-order valence-corrected chi connectivity index (χ0v) is 14.1. The van der Waals surface area contributed by atoms with Crippen molar-refractivity contribution in [2.45, 2.75) is 11.4 Å². The summed E-state index contributed by atoms with van der Waals surface area (Å²) in [5, 5.41) is 2.43. The van der Waals surface area contributed by atoms with Gasteiger partial charge in [0.05, 0.1) is 14.9 Å². The second-order valence-electron chi connectivity index (χ2n) is 3.63. The van der Waals surface area contributed by atoms with Gasteiger partial charge < -0.3 is 0 Å². The van der Waals surface area contributed by atoms with Crippen molar-refractivity contribution in [3.05, 3.63) is 49.0 Å². The molecule has 0 spiro atoms. The van der Waals surface area contributed by atoms with Crippen LogP contribution in [0.15, 0.2) is 39.0 Å². The van der Waals surface area contributed by atoms with E-state index in [-0.39, 0.29) is 16.5 Å². The SMILES string of the molecule is O=S(=O)(NCc1cc(Br)cs1)c1ccc(Cl)c(Cl)c1. The molecule has 0 radical (unpaired) electrons. The molecule has 0 fully saturated rings. The Bertz CT molecular complexity index is 700. The Labute approximate surface area is 133 Å². The van der Waals surface area contributed by atoms with E-state index in [2.05, 4.69) is 20.7 Å². The smallest absolute Gasteiger partial charge is 0.207 e. The number of rotatable bonds is 4. The first-order chi connectivity index (χ1) is 8.88. The number of nitrogens with one attached hydrogen (secondary N) is 1. The van der Waals surface area contributed by atoms with Crippen molar-refractivity contribution in [1.82, 2.24) is 4.72 Å². The van der Waals surface area contributed by atoms with Crippen LogP contribution in [0.2, 0.25) is 10.0 Å². The molecule has 0 aliphatic rings. The number of hydrogen-bond donors (Lipinski definition) is 1.